The fourth-order valence-electron chi connectivity index (χ4n) is 2.45. The summed E-state index contributed by atoms with van der Waals surface area (Å²) in [6.45, 7) is 3.89. The maximum atomic E-state index is 12.4. The maximum Gasteiger partial charge on any atom is 0.273 e. The molecule has 2 rings (SSSR count). The van der Waals surface area contributed by atoms with Gasteiger partial charge in [0.05, 0.1) is 23.8 Å². The first-order valence-electron chi connectivity index (χ1n) is 7.93. The highest BCUT2D eigenvalue weighted by Crippen LogP contribution is 2.29. The Bertz CT molecular complexity index is 940. The predicted molar refractivity (Wildman–Crippen MR) is 102 cm³/mol. The lowest BCUT2D eigenvalue weighted by molar-refractivity contribution is -0.384. The molecule has 1 amide bonds. The van der Waals surface area contributed by atoms with Gasteiger partial charge in [0, 0.05) is 18.0 Å². The number of benzene rings is 2. The van der Waals surface area contributed by atoms with Gasteiger partial charge in [0.15, 0.2) is 0 Å². The fraction of sp³-hybridized carbons (Fsp3) is 0.158. The van der Waals surface area contributed by atoms with Gasteiger partial charge in [0.1, 0.15) is 17.4 Å². The van der Waals surface area contributed by atoms with E-state index in [0.29, 0.717) is 0 Å². The molecule has 0 spiro atoms. The van der Waals surface area contributed by atoms with Crippen molar-refractivity contribution in [2.75, 3.05) is 17.7 Å². The standard InChI is InChI=1S/C19H18N4O4/c1-12-6-13(2)8-15(7-12)21-11-14(10-20)19(24)22-17-5-4-16(23(25)26)9-18(17)27-3/h4-9,11,21H,1-3H3,(H,22,24)/b14-11-. The number of carbonyl (C=O) groups is 1. The highest BCUT2D eigenvalue weighted by Gasteiger charge is 2.15. The third kappa shape index (κ3) is 5.06. The van der Waals surface area contributed by atoms with E-state index >= 15 is 0 Å². The highest BCUT2D eigenvalue weighted by atomic mass is 16.6. The third-order valence-electron chi connectivity index (χ3n) is 3.61. The van der Waals surface area contributed by atoms with E-state index in [9.17, 15) is 20.2 Å². The zero-order valence-electron chi connectivity index (χ0n) is 15.1. The minimum absolute atomic E-state index is 0.122. The molecule has 0 heterocycles. The predicted octanol–water partition coefficient (Wildman–Crippen LogP) is 3.68. The Morgan fingerprint density at radius 3 is 2.44 bits per heavy atom. The number of methoxy groups -OCH3 is 1. The van der Waals surface area contributed by atoms with Crippen LogP contribution in [0.1, 0.15) is 11.1 Å². The zero-order valence-corrected chi connectivity index (χ0v) is 15.1. The van der Waals surface area contributed by atoms with E-state index in [1.165, 1.54) is 31.5 Å². The van der Waals surface area contributed by atoms with Crippen LogP contribution in [0.2, 0.25) is 0 Å². The van der Waals surface area contributed by atoms with E-state index in [1.54, 1.807) is 0 Å². The number of nitrogens with zero attached hydrogens (tertiary/aromatic N) is 2. The number of non-ortho nitro benzene ring substituents is 1. The Balaban J connectivity index is 2.19. The lowest BCUT2D eigenvalue weighted by Crippen LogP contribution is -2.15. The van der Waals surface area contributed by atoms with Crippen LogP contribution in [0.15, 0.2) is 48.2 Å². The molecule has 0 atom stereocenters. The van der Waals surface area contributed by atoms with Gasteiger partial charge in [-0.3, -0.25) is 14.9 Å². The number of carbonyl (C=O) groups excluding carboxylic acids is 1. The van der Waals surface area contributed by atoms with E-state index in [-0.39, 0.29) is 22.7 Å². The van der Waals surface area contributed by atoms with Crippen LogP contribution in [0.25, 0.3) is 0 Å². The highest BCUT2D eigenvalue weighted by molar-refractivity contribution is 6.07. The molecular formula is C19H18N4O4. The molecule has 0 saturated carbocycles. The van der Waals surface area contributed by atoms with Crippen LogP contribution >= 0.6 is 0 Å². The zero-order chi connectivity index (χ0) is 20.0. The number of nitriles is 1. The minimum atomic E-state index is -0.665. The van der Waals surface area contributed by atoms with Crippen molar-refractivity contribution in [3.05, 3.63) is 69.4 Å². The van der Waals surface area contributed by atoms with Gasteiger partial charge in [-0.25, -0.2) is 0 Å². The summed E-state index contributed by atoms with van der Waals surface area (Å²) in [5.74, 6) is -0.543. The number of rotatable bonds is 6. The van der Waals surface area contributed by atoms with E-state index in [4.69, 9.17) is 4.74 Å². The third-order valence-corrected chi connectivity index (χ3v) is 3.61. The van der Waals surface area contributed by atoms with Gasteiger partial charge in [-0.2, -0.15) is 5.26 Å². The summed E-state index contributed by atoms with van der Waals surface area (Å²) in [6, 6.07) is 11.4. The molecule has 8 nitrogen and oxygen atoms in total. The Labute approximate surface area is 156 Å². The number of anilines is 2. The quantitative estimate of drug-likeness (QED) is 0.348. The van der Waals surface area contributed by atoms with Crippen LogP contribution in [-0.2, 0) is 4.79 Å². The first kappa shape index (κ1) is 19.5. The number of hydrogen-bond acceptors (Lipinski definition) is 6. The second-order valence-electron chi connectivity index (χ2n) is 5.79. The number of hydrogen-bond donors (Lipinski definition) is 2. The van der Waals surface area contributed by atoms with Gasteiger partial charge in [0.2, 0.25) is 0 Å². The average molecular weight is 366 g/mol. The molecule has 8 heteroatoms. The second kappa shape index (κ2) is 8.49. The van der Waals surface area contributed by atoms with Gasteiger partial charge >= 0.3 is 0 Å². The van der Waals surface area contributed by atoms with E-state index in [0.717, 1.165) is 16.8 Å². The second-order valence-corrected chi connectivity index (χ2v) is 5.79. The molecule has 2 N–H and O–H groups in total. The number of nitro benzene ring substituents is 1. The van der Waals surface area contributed by atoms with Crippen molar-refractivity contribution >= 4 is 23.0 Å². The van der Waals surface area contributed by atoms with Crippen molar-refractivity contribution in [2.24, 2.45) is 0 Å². The first-order valence-corrected chi connectivity index (χ1v) is 7.93. The molecular weight excluding hydrogens is 348 g/mol. The fourth-order valence-corrected chi connectivity index (χ4v) is 2.45. The van der Waals surface area contributed by atoms with Crippen molar-refractivity contribution in [3.8, 4) is 11.8 Å². The van der Waals surface area contributed by atoms with Crippen LogP contribution in [0.5, 0.6) is 5.75 Å². The molecule has 2 aromatic carbocycles. The van der Waals surface area contributed by atoms with Gasteiger partial charge in [0.25, 0.3) is 11.6 Å². The first-order chi connectivity index (χ1) is 12.8. The van der Waals surface area contributed by atoms with Gasteiger partial charge in [-0.05, 0) is 43.2 Å². The summed E-state index contributed by atoms with van der Waals surface area (Å²) >= 11 is 0. The van der Waals surface area contributed by atoms with Gasteiger partial charge in [-0.1, -0.05) is 6.07 Å². The van der Waals surface area contributed by atoms with Crippen molar-refractivity contribution in [1.82, 2.24) is 0 Å². The molecule has 0 aromatic heterocycles. The Hall–Kier alpha value is -3.86. The van der Waals surface area contributed by atoms with Crippen molar-refractivity contribution in [1.29, 1.82) is 5.26 Å². The molecule has 0 aliphatic rings. The molecule has 2 aromatic rings. The molecule has 0 bridgehead atoms. The Morgan fingerprint density at radius 1 is 1.22 bits per heavy atom. The number of aryl methyl sites for hydroxylation is 2. The van der Waals surface area contributed by atoms with Crippen molar-refractivity contribution in [2.45, 2.75) is 13.8 Å². The van der Waals surface area contributed by atoms with Gasteiger partial charge in [-0.15, -0.1) is 0 Å². The summed E-state index contributed by atoms with van der Waals surface area (Å²) in [5.41, 5.74) is 2.74. The molecule has 27 heavy (non-hydrogen) atoms. The summed E-state index contributed by atoms with van der Waals surface area (Å²) < 4.78 is 5.07. The van der Waals surface area contributed by atoms with E-state index in [1.807, 2.05) is 38.1 Å². The summed E-state index contributed by atoms with van der Waals surface area (Å²) in [7, 11) is 1.33. The van der Waals surface area contributed by atoms with Crippen LogP contribution in [0, 0.1) is 35.3 Å². The average Bonchev–Trinajstić information content (AvgIpc) is 2.61. The van der Waals surface area contributed by atoms with Gasteiger partial charge < -0.3 is 15.4 Å². The van der Waals surface area contributed by atoms with Crippen molar-refractivity contribution in [3.63, 3.8) is 0 Å². The lowest BCUT2D eigenvalue weighted by Gasteiger charge is -2.10. The Morgan fingerprint density at radius 2 is 1.89 bits per heavy atom. The van der Waals surface area contributed by atoms with Crippen LogP contribution in [0.4, 0.5) is 17.1 Å². The molecule has 0 radical (unpaired) electrons. The molecule has 0 aliphatic heterocycles. The largest absolute Gasteiger partial charge is 0.494 e. The normalized spacial score (nSPS) is 10.7. The van der Waals surface area contributed by atoms with E-state index < -0.39 is 10.8 Å². The molecule has 0 saturated heterocycles. The Kier molecular flexibility index (Phi) is 6.12. The minimum Gasteiger partial charge on any atom is -0.494 e. The summed E-state index contributed by atoms with van der Waals surface area (Å²) in [4.78, 5) is 22.6. The van der Waals surface area contributed by atoms with E-state index in [2.05, 4.69) is 10.6 Å². The number of amides is 1. The maximum absolute atomic E-state index is 12.4. The summed E-state index contributed by atoms with van der Waals surface area (Å²) in [5, 5.41) is 25.5. The number of nitro groups is 1. The van der Waals surface area contributed by atoms with Crippen LogP contribution in [0.3, 0.4) is 0 Å². The monoisotopic (exact) mass is 366 g/mol. The van der Waals surface area contributed by atoms with Crippen LogP contribution < -0.4 is 15.4 Å². The lowest BCUT2D eigenvalue weighted by atomic mass is 10.1. The van der Waals surface area contributed by atoms with Crippen molar-refractivity contribution < 1.29 is 14.5 Å². The van der Waals surface area contributed by atoms with Crippen LogP contribution in [-0.4, -0.2) is 17.9 Å². The number of nitrogens with one attached hydrogen (secondary N) is 2. The number of ether oxygens (including phenoxy) is 1. The smallest absolute Gasteiger partial charge is 0.273 e. The summed E-state index contributed by atoms with van der Waals surface area (Å²) in [6.07, 6.45) is 1.31. The molecule has 0 unspecified atom stereocenters. The molecule has 138 valence electrons. The molecule has 0 aliphatic carbocycles. The molecule has 0 fully saturated rings. The SMILES string of the molecule is COc1cc([N+](=O)[O-])ccc1NC(=O)/C(C#N)=C\Nc1cc(C)cc(C)c1. The topological polar surface area (TPSA) is 117 Å².